The average Bonchev–Trinajstić information content (AvgIpc) is 2.63. The Hall–Kier alpha value is -0.960. The molecular weight excluding hydrogens is 176 g/mol. The van der Waals surface area contributed by atoms with Gasteiger partial charge in [-0.1, -0.05) is 20.8 Å². The fraction of sp³-hybridized carbons (Fsp3) is 0.636. The van der Waals surface area contributed by atoms with Crippen molar-refractivity contribution in [2.24, 2.45) is 0 Å². The topological polar surface area (TPSA) is 35.0 Å². The van der Waals surface area contributed by atoms with Crippen molar-refractivity contribution in [3.8, 4) is 0 Å². The van der Waals surface area contributed by atoms with E-state index >= 15 is 0 Å². The molecule has 0 saturated heterocycles. The molecule has 0 fully saturated rings. The van der Waals surface area contributed by atoms with E-state index in [1.165, 1.54) is 5.56 Å². The predicted octanol–water partition coefficient (Wildman–Crippen LogP) is 2.19. The zero-order chi connectivity index (χ0) is 10.1. The van der Waals surface area contributed by atoms with Gasteiger partial charge in [0.05, 0.1) is 18.9 Å². The van der Waals surface area contributed by atoms with E-state index in [2.05, 4.69) is 30.7 Å². The van der Waals surface area contributed by atoms with Crippen LogP contribution in [0.3, 0.4) is 0 Å². The smallest absolute Gasteiger partial charge is 0.131 e. The number of hydrogen-bond acceptors (Lipinski definition) is 3. The molecule has 0 amide bonds. The summed E-state index contributed by atoms with van der Waals surface area (Å²) in [6, 6.07) is 0. The van der Waals surface area contributed by atoms with Gasteiger partial charge in [-0.25, -0.2) is 9.97 Å². The van der Waals surface area contributed by atoms with Crippen LogP contribution in [0.4, 0.5) is 0 Å². The number of hydrogen-bond donors (Lipinski definition) is 0. The van der Waals surface area contributed by atoms with Gasteiger partial charge in [0.2, 0.25) is 0 Å². The predicted molar refractivity (Wildman–Crippen MR) is 54.0 cm³/mol. The van der Waals surface area contributed by atoms with Crippen molar-refractivity contribution in [3.05, 3.63) is 22.8 Å². The quantitative estimate of drug-likeness (QED) is 0.720. The standard InChI is InChI=1S/C11H16N2O/c1-4-9-8-5-14-6-10(8)13-11(12-9)7(2)3/h7H,4-6H2,1-3H3. The molecule has 0 saturated carbocycles. The normalized spacial score (nSPS) is 14.9. The third-order valence-corrected chi connectivity index (χ3v) is 2.53. The first-order chi connectivity index (χ1) is 6.72. The maximum atomic E-state index is 5.39. The third-order valence-electron chi connectivity index (χ3n) is 2.53. The van der Waals surface area contributed by atoms with Crippen molar-refractivity contribution in [2.45, 2.75) is 46.3 Å². The van der Waals surface area contributed by atoms with Gasteiger partial charge in [0.1, 0.15) is 5.82 Å². The Morgan fingerprint density at radius 2 is 2.07 bits per heavy atom. The minimum absolute atomic E-state index is 0.395. The first-order valence-corrected chi connectivity index (χ1v) is 5.18. The number of fused-ring (bicyclic) bond motifs is 1. The highest BCUT2D eigenvalue weighted by Gasteiger charge is 2.19. The van der Waals surface area contributed by atoms with E-state index in [4.69, 9.17) is 4.74 Å². The van der Waals surface area contributed by atoms with Crippen molar-refractivity contribution in [1.82, 2.24) is 9.97 Å². The van der Waals surface area contributed by atoms with E-state index in [1.54, 1.807) is 0 Å². The first-order valence-electron chi connectivity index (χ1n) is 5.18. The summed E-state index contributed by atoms with van der Waals surface area (Å²) in [5.74, 6) is 1.34. The van der Waals surface area contributed by atoms with Gasteiger partial charge in [-0.3, -0.25) is 0 Å². The Morgan fingerprint density at radius 3 is 2.71 bits per heavy atom. The fourth-order valence-corrected chi connectivity index (χ4v) is 1.69. The third kappa shape index (κ3) is 1.52. The summed E-state index contributed by atoms with van der Waals surface area (Å²) in [4.78, 5) is 9.10. The molecule has 1 aliphatic heterocycles. The summed E-state index contributed by atoms with van der Waals surface area (Å²) in [7, 11) is 0. The molecule has 2 heterocycles. The van der Waals surface area contributed by atoms with Gasteiger partial charge in [0.25, 0.3) is 0 Å². The molecule has 0 atom stereocenters. The first kappa shape index (κ1) is 9.59. The molecule has 0 radical (unpaired) electrons. The average molecular weight is 192 g/mol. The Morgan fingerprint density at radius 1 is 1.29 bits per heavy atom. The van der Waals surface area contributed by atoms with Crippen molar-refractivity contribution < 1.29 is 4.74 Å². The molecule has 0 unspecified atom stereocenters. The maximum Gasteiger partial charge on any atom is 0.131 e. The molecule has 1 aromatic heterocycles. The second-order valence-electron chi connectivity index (χ2n) is 3.95. The van der Waals surface area contributed by atoms with Crippen molar-refractivity contribution in [1.29, 1.82) is 0 Å². The summed E-state index contributed by atoms with van der Waals surface area (Å²) >= 11 is 0. The largest absolute Gasteiger partial charge is 0.370 e. The van der Waals surface area contributed by atoms with E-state index in [9.17, 15) is 0 Å². The lowest BCUT2D eigenvalue weighted by Gasteiger charge is -2.09. The molecule has 0 spiro atoms. The summed E-state index contributed by atoms with van der Waals surface area (Å²) in [6.07, 6.45) is 0.966. The lowest BCUT2D eigenvalue weighted by molar-refractivity contribution is 0.133. The molecule has 0 aliphatic carbocycles. The minimum Gasteiger partial charge on any atom is -0.370 e. The molecule has 2 rings (SSSR count). The highest BCUT2D eigenvalue weighted by molar-refractivity contribution is 5.28. The highest BCUT2D eigenvalue weighted by Crippen LogP contribution is 2.23. The van der Waals surface area contributed by atoms with Gasteiger partial charge in [-0.05, 0) is 6.42 Å². The number of nitrogens with zero attached hydrogens (tertiary/aromatic N) is 2. The van der Waals surface area contributed by atoms with Gasteiger partial charge < -0.3 is 4.74 Å². The number of ether oxygens (including phenoxy) is 1. The maximum absolute atomic E-state index is 5.39. The van der Waals surface area contributed by atoms with Gasteiger partial charge in [0, 0.05) is 17.2 Å². The van der Waals surface area contributed by atoms with Crippen LogP contribution < -0.4 is 0 Å². The Kier molecular flexibility index (Phi) is 2.50. The van der Waals surface area contributed by atoms with E-state index < -0.39 is 0 Å². The molecule has 76 valence electrons. The van der Waals surface area contributed by atoms with E-state index in [0.29, 0.717) is 19.1 Å². The van der Waals surface area contributed by atoms with Crippen LogP contribution in [0, 0.1) is 0 Å². The molecule has 1 aromatic rings. The summed E-state index contributed by atoms with van der Waals surface area (Å²) in [5, 5.41) is 0. The second-order valence-corrected chi connectivity index (χ2v) is 3.95. The van der Waals surface area contributed by atoms with Crippen LogP contribution >= 0.6 is 0 Å². The van der Waals surface area contributed by atoms with E-state index in [0.717, 1.165) is 23.6 Å². The van der Waals surface area contributed by atoms with Crippen LogP contribution in [0.15, 0.2) is 0 Å². The van der Waals surface area contributed by atoms with E-state index in [1.807, 2.05) is 0 Å². The monoisotopic (exact) mass is 192 g/mol. The molecule has 3 heteroatoms. The summed E-state index contributed by atoms with van der Waals surface area (Å²) in [5.41, 5.74) is 3.48. The summed E-state index contributed by atoms with van der Waals surface area (Å²) in [6.45, 7) is 7.72. The van der Waals surface area contributed by atoms with Crippen LogP contribution in [-0.2, 0) is 24.4 Å². The Balaban J connectivity index is 2.49. The van der Waals surface area contributed by atoms with Gasteiger partial charge in [-0.2, -0.15) is 0 Å². The van der Waals surface area contributed by atoms with Crippen LogP contribution in [-0.4, -0.2) is 9.97 Å². The van der Waals surface area contributed by atoms with Gasteiger partial charge in [0.15, 0.2) is 0 Å². The SMILES string of the molecule is CCc1nc(C(C)C)nc2c1COC2. The van der Waals surface area contributed by atoms with Crippen LogP contribution in [0.1, 0.15) is 49.5 Å². The number of aromatic nitrogens is 2. The van der Waals surface area contributed by atoms with Crippen LogP contribution in [0.25, 0.3) is 0 Å². The molecule has 0 bridgehead atoms. The lowest BCUT2D eigenvalue weighted by atomic mass is 10.1. The van der Waals surface area contributed by atoms with Gasteiger partial charge >= 0.3 is 0 Å². The Bertz CT molecular complexity index is 347. The number of aryl methyl sites for hydroxylation is 1. The van der Waals surface area contributed by atoms with Crippen molar-refractivity contribution in [2.75, 3.05) is 0 Å². The van der Waals surface area contributed by atoms with Crippen LogP contribution in [0.5, 0.6) is 0 Å². The number of rotatable bonds is 2. The van der Waals surface area contributed by atoms with Gasteiger partial charge in [-0.15, -0.1) is 0 Å². The zero-order valence-electron chi connectivity index (χ0n) is 9.00. The highest BCUT2D eigenvalue weighted by atomic mass is 16.5. The fourth-order valence-electron chi connectivity index (χ4n) is 1.69. The minimum atomic E-state index is 0.395. The Labute approximate surface area is 84.5 Å². The molecule has 3 nitrogen and oxygen atoms in total. The molecule has 14 heavy (non-hydrogen) atoms. The molecule has 1 aliphatic rings. The van der Waals surface area contributed by atoms with Crippen molar-refractivity contribution >= 4 is 0 Å². The lowest BCUT2D eigenvalue weighted by Crippen LogP contribution is -2.06. The van der Waals surface area contributed by atoms with Crippen molar-refractivity contribution in [3.63, 3.8) is 0 Å². The van der Waals surface area contributed by atoms with E-state index in [-0.39, 0.29) is 0 Å². The van der Waals surface area contributed by atoms with Crippen LogP contribution in [0.2, 0.25) is 0 Å². The molecule has 0 N–H and O–H groups in total. The molecular formula is C11H16N2O. The second kappa shape index (κ2) is 3.65. The summed E-state index contributed by atoms with van der Waals surface area (Å²) < 4.78 is 5.39. The zero-order valence-corrected chi connectivity index (χ0v) is 9.00. The molecule has 0 aromatic carbocycles.